The highest BCUT2D eigenvalue weighted by Crippen LogP contribution is 2.21. The van der Waals surface area contributed by atoms with E-state index < -0.39 is 22.7 Å². The molecule has 4 nitrogen and oxygen atoms in total. The molecule has 0 aliphatic rings. The molecule has 0 aromatic carbocycles. The molecule has 0 spiro atoms. The third-order valence-electron chi connectivity index (χ3n) is 4.17. The smallest absolute Gasteiger partial charge is 0.173 e. The van der Waals surface area contributed by atoms with E-state index >= 15 is 0 Å². The van der Waals surface area contributed by atoms with Crippen LogP contribution in [-0.4, -0.2) is 52.8 Å². The lowest BCUT2D eigenvalue weighted by Gasteiger charge is -2.31. The topological polar surface area (TPSA) is 58.9 Å². The van der Waals surface area contributed by atoms with E-state index in [1.54, 1.807) is 0 Å². The van der Waals surface area contributed by atoms with Crippen molar-refractivity contribution in [3.05, 3.63) is 0 Å². The summed E-state index contributed by atoms with van der Waals surface area (Å²) >= 11 is 0. The third kappa shape index (κ3) is 18.9. The maximum Gasteiger partial charge on any atom is 0.173 e. The van der Waals surface area contributed by atoms with E-state index in [-0.39, 0.29) is 13.2 Å². The predicted molar refractivity (Wildman–Crippen MR) is 112 cm³/mol. The van der Waals surface area contributed by atoms with Crippen LogP contribution in [0.4, 0.5) is 0 Å². The summed E-state index contributed by atoms with van der Waals surface area (Å²) in [6.07, 6.45) is 10.9. The van der Waals surface area contributed by atoms with E-state index in [1.165, 1.54) is 57.4 Å². The van der Waals surface area contributed by atoms with E-state index in [0.29, 0.717) is 6.61 Å². The van der Waals surface area contributed by atoms with Gasteiger partial charge in [-0.3, -0.25) is 0 Å². The first kappa shape index (κ1) is 25.3. The number of aliphatic hydroxyl groups excluding tert-OH is 2. The average Bonchev–Trinajstić information content (AvgIpc) is 2.49. The molecule has 0 aliphatic carbocycles. The van der Waals surface area contributed by atoms with Crippen LogP contribution in [0.25, 0.3) is 0 Å². The van der Waals surface area contributed by atoms with Crippen molar-refractivity contribution in [1.29, 1.82) is 0 Å². The molecular formula is C19H44O4Si2. The summed E-state index contributed by atoms with van der Waals surface area (Å²) in [5, 5.41) is 17.8. The minimum Gasteiger partial charge on any atom is -0.456 e. The minimum absolute atomic E-state index is 0.217. The van der Waals surface area contributed by atoms with E-state index in [1.807, 2.05) is 0 Å². The van der Waals surface area contributed by atoms with Gasteiger partial charge in [-0.15, -0.1) is 0 Å². The molecule has 1 atom stereocenters. The molecule has 1 unspecified atom stereocenters. The average molecular weight is 393 g/mol. The summed E-state index contributed by atoms with van der Waals surface area (Å²) in [5.74, 6) is 0. The van der Waals surface area contributed by atoms with Gasteiger partial charge in [0.05, 0.1) is 13.2 Å². The zero-order valence-corrected chi connectivity index (χ0v) is 19.5. The van der Waals surface area contributed by atoms with Gasteiger partial charge in [0.2, 0.25) is 0 Å². The minimum atomic E-state index is -1.43. The lowest BCUT2D eigenvalue weighted by molar-refractivity contribution is 0.00526. The van der Waals surface area contributed by atoms with Crippen molar-refractivity contribution in [1.82, 2.24) is 0 Å². The molecule has 0 rings (SSSR count). The van der Waals surface area contributed by atoms with E-state index in [0.717, 1.165) is 6.42 Å². The van der Waals surface area contributed by atoms with Crippen LogP contribution in [0.15, 0.2) is 0 Å². The first-order valence-corrected chi connectivity index (χ1v) is 16.8. The van der Waals surface area contributed by atoms with Crippen LogP contribution in [0.5, 0.6) is 0 Å². The molecule has 0 aromatic rings. The van der Waals surface area contributed by atoms with Gasteiger partial charge in [-0.05, 0) is 45.2 Å². The molecule has 25 heavy (non-hydrogen) atoms. The second-order valence-electron chi connectivity index (χ2n) is 8.82. The van der Waals surface area contributed by atoms with Crippen molar-refractivity contribution in [3.63, 3.8) is 0 Å². The molecule has 0 aliphatic heterocycles. The monoisotopic (exact) mass is 392 g/mol. The summed E-state index contributed by atoms with van der Waals surface area (Å²) in [4.78, 5) is 0. The molecule has 0 radical (unpaired) electrons. The van der Waals surface area contributed by atoms with Crippen molar-refractivity contribution in [2.24, 2.45) is 0 Å². The number of ether oxygens (including phenoxy) is 1. The molecule has 0 saturated carbocycles. The van der Waals surface area contributed by atoms with Gasteiger partial charge in [-0.25, -0.2) is 0 Å². The number of unbranched alkanes of at least 4 members (excludes halogenated alkanes) is 8. The van der Waals surface area contributed by atoms with E-state index in [2.05, 4.69) is 32.7 Å². The Morgan fingerprint density at radius 1 is 0.760 bits per heavy atom. The molecule has 0 fully saturated rings. The number of hydrogen-bond acceptors (Lipinski definition) is 4. The molecule has 0 heterocycles. The highest BCUT2D eigenvalue weighted by molar-refractivity contribution is 6.84. The van der Waals surface area contributed by atoms with Crippen molar-refractivity contribution in [2.45, 2.75) is 103 Å². The normalized spacial score (nSPS) is 14.0. The van der Waals surface area contributed by atoms with Gasteiger partial charge in [0, 0.05) is 6.61 Å². The second-order valence-corrected chi connectivity index (χ2v) is 17.9. The van der Waals surface area contributed by atoms with Gasteiger partial charge in [-0.1, -0.05) is 51.4 Å². The lowest BCUT2D eigenvalue weighted by atomic mass is 10.1. The maximum atomic E-state index is 9.14. The fourth-order valence-corrected chi connectivity index (χ4v) is 11.3. The van der Waals surface area contributed by atoms with Gasteiger partial charge in [0.25, 0.3) is 0 Å². The van der Waals surface area contributed by atoms with Crippen LogP contribution in [0, 0.1) is 0 Å². The summed E-state index contributed by atoms with van der Waals surface area (Å²) in [6, 6.07) is 1.31. The Balaban J connectivity index is 3.31. The quantitative estimate of drug-likeness (QED) is 0.272. The molecule has 0 aromatic heterocycles. The fourth-order valence-electron chi connectivity index (χ4n) is 3.14. The van der Waals surface area contributed by atoms with Gasteiger partial charge in [-0.2, -0.15) is 0 Å². The lowest BCUT2D eigenvalue weighted by Crippen LogP contribution is -2.42. The Hall–Kier alpha value is 0.274. The molecule has 2 N–H and O–H groups in total. The molecule has 0 bridgehead atoms. The SMILES string of the molecule is C[Si](C)(C)O[Si](C)(C)CCCCCCCCCCCOCC(O)CO. The van der Waals surface area contributed by atoms with E-state index in [9.17, 15) is 0 Å². The van der Waals surface area contributed by atoms with Gasteiger partial charge >= 0.3 is 0 Å². The summed E-state index contributed by atoms with van der Waals surface area (Å²) in [6.45, 7) is 12.4. The van der Waals surface area contributed by atoms with Gasteiger partial charge in [0.15, 0.2) is 16.6 Å². The molecule has 6 heteroatoms. The number of hydrogen-bond donors (Lipinski definition) is 2. The van der Waals surface area contributed by atoms with Crippen molar-refractivity contribution >= 4 is 16.6 Å². The Bertz CT molecular complexity index is 306. The van der Waals surface area contributed by atoms with Crippen LogP contribution in [0.3, 0.4) is 0 Å². The Kier molecular flexibility index (Phi) is 14.5. The summed E-state index contributed by atoms with van der Waals surface area (Å²) in [5.41, 5.74) is 0. The van der Waals surface area contributed by atoms with Gasteiger partial charge in [0.1, 0.15) is 6.10 Å². The second kappa shape index (κ2) is 14.3. The van der Waals surface area contributed by atoms with Crippen LogP contribution in [-0.2, 0) is 8.85 Å². The summed E-state index contributed by atoms with van der Waals surface area (Å²) in [7, 11) is -2.80. The first-order chi connectivity index (χ1) is 11.7. The Morgan fingerprint density at radius 3 is 1.72 bits per heavy atom. The largest absolute Gasteiger partial charge is 0.456 e. The highest BCUT2D eigenvalue weighted by atomic mass is 28.4. The number of rotatable bonds is 17. The standard InChI is InChI=1S/C19H44O4Si2/c1-24(2,3)23-25(4,5)16-14-12-10-8-6-7-9-11-13-15-22-18-19(21)17-20/h19-21H,6-18H2,1-5H3. The maximum absolute atomic E-state index is 9.14. The Morgan fingerprint density at radius 2 is 1.24 bits per heavy atom. The molecule has 152 valence electrons. The van der Waals surface area contributed by atoms with Crippen LogP contribution >= 0.6 is 0 Å². The zero-order chi connectivity index (χ0) is 19.2. The van der Waals surface area contributed by atoms with Crippen LogP contribution < -0.4 is 0 Å². The predicted octanol–water partition coefficient (Wildman–Crippen LogP) is 4.92. The van der Waals surface area contributed by atoms with Gasteiger partial charge < -0.3 is 19.1 Å². The molecular weight excluding hydrogens is 348 g/mol. The van der Waals surface area contributed by atoms with E-state index in [4.69, 9.17) is 19.1 Å². The Labute approximate surface area is 158 Å². The first-order valence-electron chi connectivity index (χ1n) is 10.2. The third-order valence-corrected chi connectivity index (χ3v) is 10.4. The highest BCUT2D eigenvalue weighted by Gasteiger charge is 2.28. The summed E-state index contributed by atoms with van der Waals surface area (Å²) < 4.78 is 11.7. The number of aliphatic hydroxyl groups is 2. The molecule has 0 amide bonds. The van der Waals surface area contributed by atoms with Crippen LogP contribution in [0.1, 0.15) is 57.8 Å². The molecule has 0 saturated heterocycles. The van der Waals surface area contributed by atoms with Crippen molar-refractivity contribution in [3.8, 4) is 0 Å². The van der Waals surface area contributed by atoms with Crippen LogP contribution in [0.2, 0.25) is 38.8 Å². The fraction of sp³-hybridized carbons (Fsp3) is 1.00. The van der Waals surface area contributed by atoms with Crippen molar-refractivity contribution < 1.29 is 19.1 Å². The zero-order valence-electron chi connectivity index (χ0n) is 17.5. The van der Waals surface area contributed by atoms with Crippen molar-refractivity contribution in [2.75, 3.05) is 19.8 Å².